The molecule has 0 saturated heterocycles. The van der Waals surface area contributed by atoms with Crippen molar-refractivity contribution in [2.75, 3.05) is 11.4 Å². The second kappa shape index (κ2) is 9.44. The third-order valence-electron chi connectivity index (χ3n) is 5.34. The fourth-order valence-electron chi connectivity index (χ4n) is 3.97. The zero-order valence-corrected chi connectivity index (χ0v) is 18.1. The predicted molar refractivity (Wildman–Crippen MR) is 117 cm³/mol. The van der Waals surface area contributed by atoms with E-state index in [9.17, 15) is 14.7 Å². The highest BCUT2D eigenvalue weighted by Crippen LogP contribution is 2.35. The van der Waals surface area contributed by atoms with Gasteiger partial charge in [0.25, 0.3) is 0 Å². The number of amides is 1. The lowest BCUT2D eigenvalue weighted by Crippen LogP contribution is -2.37. The van der Waals surface area contributed by atoms with Crippen LogP contribution < -0.4 is 4.90 Å². The highest BCUT2D eigenvalue weighted by Gasteiger charge is 2.25. The van der Waals surface area contributed by atoms with E-state index in [2.05, 4.69) is 0 Å². The van der Waals surface area contributed by atoms with E-state index in [1.165, 1.54) is 30.6 Å². The summed E-state index contributed by atoms with van der Waals surface area (Å²) in [7, 11) is 0. The number of carbonyl (C=O) groups excluding carboxylic acids is 1. The number of rotatable bonds is 6. The van der Waals surface area contributed by atoms with E-state index in [0.29, 0.717) is 17.3 Å². The largest absolute Gasteiger partial charge is 0.477 e. The smallest absolute Gasteiger partial charge is 0.414 e. The molecule has 0 spiro atoms. The van der Waals surface area contributed by atoms with E-state index in [-0.39, 0.29) is 12.2 Å². The van der Waals surface area contributed by atoms with Gasteiger partial charge in [-0.25, -0.2) is 9.59 Å². The normalized spacial score (nSPS) is 14.8. The zero-order valence-electron chi connectivity index (χ0n) is 17.3. The van der Waals surface area contributed by atoms with Gasteiger partial charge in [0.05, 0.1) is 6.10 Å². The zero-order chi connectivity index (χ0) is 21.0. The Hall–Kier alpha value is -2.34. The summed E-state index contributed by atoms with van der Waals surface area (Å²) in [6.45, 7) is 6.24. The number of carboxylic acids is 1. The van der Waals surface area contributed by atoms with Crippen LogP contribution in [0.2, 0.25) is 0 Å². The van der Waals surface area contributed by atoms with E-state index in [0.717, 1.165) is 35.2 Å². The maximum Gasteiger partial charge on any atom is 0.414 e. The standard InChI is InChI=1S/C23H29NO4S/c1-15(2)28-23(27)24(13-17-8-5-4-6-9-17)19-11-7-10-18(12-19)20-16(3)14-29-21(20)22(25)26/h7,10-12,14-15,17H,4-6,8-9,13H2,1-3H3,(H,25,26). The Labute approximate surface area is 176 Å². The Morgan fingerprint density at radius 3 is 2.62 bits per heavy atom. The second-order valence-corrected chi connectivity index (χ2v) is 8.91. The lowest BCUT2D eigenvalue weighted by atomic mass is 9.89. The van der Waals surface area contributed by atoms with Gasteiger partial charge in [-0.05, 0) is 68.2 Å². The molecule has 1 heterocycles. The minimum absolute atomic E-state index is 0.197. The summed E-state index contributed by atoms with van der Waals surface area (Å²) in [5.74, 6) is -0.466. The van der Waals surface area contributed by atoms with Gasteiger partial charge in [0, 0.05) is 17.8 Å². The van der Waals surface area contributed by atoms with Gasteiger partial charge in [0.2, 0.25) is 0 Å². The minimum atomic E-state index is -0.929. The number of thiophene rings is 1. The molecule has 1 fully saturated rings. The number of hydrogen-bond donors (Lipinski definition) is 1. The highest BCUT2D eigenvalue weighted by atomic mass is 32.1. The Morgan fingerprint density at radius 2 is 1.97 bits per heavy atom. The van der Waals surface area contributed by atoms with Crippen molar-refractivity contribution in [3.63, 3.8) is 0 Å². The first-order valence-electron chi connectivity index (χ1n) is 10.3. The van der Waals surface area contributed by atoms with Gasteiger partial charge >= 0.3 is 12.1 Å². The monoisotopic (exact) mass is 415 g/mol. The number of hydrogen-bond acceptors (Lipinski definition) is 4. The van der Waals surface area contributed by atoms with Gasteiger partial charge in [0.15, 0.2) is 0 Å². The molecular formula is C23H29NO4S. The second-order valence-electron chi connectivity index (χ2n) is 8.03. The number of anilines is 1. The fourth-order valence-corrected chi connectivity index (χ4v) is 4.88. The van der Waals surface area contributed by atoms with Crippen molar-refractivity contribution in [2.24, 2.45) is 5.92 Å². The van der Waals surface area contributed by atoms with Crippen LogP contribution in [0.3, 0.4) is 0 Å². The summed E-state index contributed by atoms with van der Waals surface area (Å²) in [6, 6.07) is 7.59. The van der Waals surface area contributed by atoms with Crippen LogP contribution in [-0.4, -0.2) is 29.8 Å². The first-order valence-corrected chi connectivity index (χ1v) is 11.1. The van der Waals surface area contributed by atoms with Crippen molar-refractivity contribution in [2.45, 2.75) is 59.0 Å². The molecule has 0 aliphatic heterocycles. The average Bonchev–Trinajstić information content (AvgIpc) is 3.08. The maximum atomic E-state index is 12.9. The molecule has 156 valence electrons. The number of ether oxygens (including phenoxy) is 1. The van der Waals surface area contributed by atoms with Gasteiger partial charge in [0.1, 0.15) is 4.88 Å². The molecule has 6 heteroatoms. The van der Waals surface area contributed by atoms with Crippen molar-refractivity contribution < 1.29 is 19.4 Å². The molecule has 1 aliphatic rings. The molecule has 1 aromatic heterocycles. The lowest BCUT2D eigenvalue weighted by molar-refractivity contribution is 0.0702. The number of nitrogens with zero attached hydrogens (tertiary/aromatic N) is 1. The van der Waals surface area contributed by atoms with Crippen LogP contribution in [0.5, 0.6) is 0 Å². The topological polar surface area (TPSA) is 66.8 Å². The van der Waals surface area contributed by atoms with Crippen LogP contribution in [0.4, 0.5) is 10.5 Å². The molecule has 0 unspecified atom stereocenters. The Morgan fingerprint density at radius 1 is 1.24 bits per heavy atom. The summed E-state index contributed by atoms with van der Waals surface area (Å²) >= 11 is 1.23. The first kappa shape index (κ1) is 21.4. The first-order chi connectivity index (χ1) is 13.9. The Bertz CT molecular complexity index is 868. The van der Waals surface area contributed by atoms with Gasteiger partial charge in [-0.3, -0.25) is 4.90 Å². The summed E-state index contributed by atoms with van der Waals surface area (Å²) in [5, 5.41) is 11.4. The van der Waals surface area contributed by atoms with Crippen LogP contribution in [-0.2, 0) is 4.74 Å². The molecule has 1 aliphatic carbocycles. The molecule has 3 rings (SSSR count). The molecule has 0 bridgehead atoms. The predicted octanol–water partition coefficient (Wildman–Crippen LogP) is 6.35. The van der Waals surface area contributed by atoms with E-state index in [4.69, 9.17) is 4.74 Å². The van der Waals surface area contributed by atoms with Crippen molar-refractivity contribution >= 4 is 29.1 Å². The molecule has 1 N–H and O–H groups in total. The molecule has 1 saturated carbocycles. The van der Waals surface area contributed by atoms with E-state index in [1.807, 2.05) is 50.4 Å². The lowest BCUT2D eigenvalue weighted by Gasteiger charge is -2.30. The maximum absolute atomic E-state index is 12.9. The molecule has 1 amide bonds. The van der Waals surface area contributed by atoms with E-state index in [1.54, 1.807) is 4.90 Å². The van der Waals surface area contributed by atoms with Crippen molar-refractivity contribution in [3.05, 3.63) is 40.1 Å². The molecule has 1 aromatic carbocycles. The molecular weight excluding hydrogens is 386 g/mol. The number of benzene rings is 1. The van der Waals surface area contributed by atoms with Crippen molar-refractivity contribution in [1.29, 1.82) is 0 Å². The molecule has 0 radical (unpaired) electrons. The molecule has 29 heavy (non-hydrogen) atoms. The van der Waals surface area contributed by atoms with Crippen LogP contribution in [0.15, 0.2) is 29.6 Å². The van der Waals surface area contributed by atoms with Gasteiger partial charge < -0.3 is 9.84 Å². The number of carboxylic acid groups (broad SMARTS) is 1. The van der Waals surface area contributed by atoms with Crippen molar-refractivity contribution in [3.8, 4) is 11.1 Å². The third kappa shape index (κ3) is 5.18. The average molecular weight is 416 g/mol. The van der Waals surface area contributed by atoms with Gasteiger partial charge in [-0.15, -0.1) is 11.3 Å². The minimum Gasteiger partial charge on any atom is -0.477 e. The van der Waals surface area contributed by atoms with Crippen molar-refractivity contribution in [1.82, 2.24) is 0 Å². The summed E-state index contributed by atoms with van der Waals surface area (Å²) in [4.78, 5) is 26.6. The SMILES string of the molecule is Cc1csc(C(=O)O)c1-c1cccc(N(CC2CCCCC2)C(=O)OC(C)C)c1. The molecule has 5 nitrogen and oxygen atoms in total. The van der Waals surface area contributed by atoms with E-state index < -0.39 is 5.97 Å². The van der Waals surface area contributed by atoms with Crippen LogP contribution in [0.25, 0.3) is 11.1 Å². The number of carbonyl (C=O) groups is 2. The quantitative estimate of drug-likeness (QED) is 0.597. The Kier molecular flexibility index (Phi) is 6.96. The molecule has 0 atom stereocenters. The fraction of sp³-hybridized carbons (Fsp3) is 0.478. The Balaban J connectivity index is 1.95. The van der Waals surface area contributed by atoms with Crippen LogP contribution in [0, 0.1) is 12.8 Å². The summed E-state index contributed by atoms with van der Waals surface area (Å²) < 4.78 is 5.52. The van der Waals surface area contributed by atoms with E-state index >= 15 is 0 Å². The highest BCUT2D eigenvalue weighted by molar-refractivity contribution is 7.12. The van der Waals surface area contributed by atoms with Crippen LogP contribution in [0.1, 0.15) is 61.2 Å². The summed E-state index contributed by atoms with van der Waals surface area (Å²) in [5.41, 5.74) is 3.21. The molecule has 2 aromatic rings. The van der Waals surface area contributed by atoms with Gasteiger partial charge in [-0.2, -0.15) is 0 Å². The number of aromatic carboxylic acids is 1. The van der Waals surface area contributed by atoms with Gasteiger partial charge in [-0.1, -0.05) is 31.4 Å². The third-order valence-corrected chi connectivity index (χ3v) is 6.42. The van der Waals surface area contributed by atoms with Crippen LogP contribution >= 0.6 is 11.3 Å². The summed E-state index contributed by atoms with van der Waals surface area (Å²) in [6.07, 6.45) is 5.37. The number of aryl methyl sites for hydroxylation is 1.